The van der Waals surface area contributed by atoms with Gasteiger partial charge in [0.2, 0.25) is 5.91 Å². The minimum Gasteiger partial charge on any atom is -0.491 e. The average Bonchev–Trinajstić information content (AvgIpc) is 3.57. The Kier molecular flexibility index (Phi) is 4.07. The molecule has 3 aliphatic rings. The topological polar surface area (TPSA) is 86.9 Å². The van der Waals surface area contributed by atoms with E-state index in [9.17, 15) is 4.79 Å². The number of rotatable bonds is 3. The number of hydrogen-bond acceptors (Lipinski definition) is 7. The van der Waals surface area contributed by atoms with Gasteiger partial charge in [-0.25, -0.2) is 0 Å². The fraction of sp³-hybridized carbons (Fsp3) is 0.192. The van der Waals surface area contributed by atoms with Gasteiger partial charge in [-0.05, 0) is 35.9 Å². The van der Waals surface area contributed by atoms with Crippen molar-refractivity contribution in [1.29, 1.82) is 0 Å². The van der Waals surface area contributed by atoms with Crippen LogP contribution in [0.3, 0.4) is 0 Å². The Bertz CT molecular complexity index is 1430. The summed E-state index contributed by atoms with van der Waals surface area (Å²) in [5.74, 6) is 1.95. The third kappa shape index (κ3) is 2.66. The standard InChI is InChI=1S/C26H19N3O5/c30-25-26(14-32-24-8-17-13-31-15-33-23(17)10-20(24)26)19-5-1-2-6-22(19)29(25)12-18-9-21(28-34-18)16-4-3-7-27-11-16/h1-11H,12-15H2. The minimum atomic E-state index is -0.936. The average molecular weight is 453 g/mol. The SMILES string of the molecule is O=C1N(Cc2cc(-c3cccnc3)no2)c2ccccc2C12COc1cc3c(cc12)OCOC3. The van der Waals surface area contributed by atoms with Crippen molar-refractivity contribution in [3.05, 3.63) is 89.4 Å². The Balaban J connectivity index is 1.29. The molecule has 0 bridgehead atoms. The maximum Gasteiger partial charge on any atom is 0.246 e. The van der Waals surface area contributed by atoms with E-state index in [0.717, 1.165) is 33.7 Å². The lowest BCUT2D eigenvalue weighted by Crippen LogP contribution is -2.42. The molecule has 8 heteroatoms. The van der Waals surface area contributed by atoms with Gasteiger partial charge in [0.1, 0.15) is 29.2 Å². The van der Waals surface area contributed by atoms with Crippen LogP contribution in [0.5, 0.6) is 11.5 Å². The number of carbonyl (C=O) groups is 1. The molecule has 1 atom stereocenters. The highest BCUT2D eigenvalue weighted by Crippen LogP contribution is 2.54. The van der Waals surface area contributed by atoms with Crippen molar-refractivity contribution < 1.29 is 23.5 Å². The third-order valence-electron chi connectivity index (χ3n) is 6.72. The zero-order valence-corrected chi connectivity index (χ0v) is 18.1. The number of ether oxygens (including phenoxy) is 3. The highest BCUT2D eigenvalue weighted by atomic mass is 16.7. The first kappa shape index (κ1) is 19.3. The second-order valence-corrected chi connectivity index (χ2v) is 8.59. The second kappa shape index (κ2) is 7.16. The molecule has 2 aromatic heterocycles. The lowest BCUT2D eigenvalue weighted by Gasteiger charge is -2.24. The van der Waals surface area contributed by atoms with Gasteiger partial charge in [-0.3, -0.25) is 9.78 Å². The largest absolute Gasteiger partial charge is 0.491 e. The van der Waals surface area contributed by atoms with Crippen LogP contribution in [-0.4, -0.2) is 29.4 Å². The molecule has 3 aliphatic heterocycles. The van der Waals surface area contributed by atoms with Crippen molar-refractivity contribution in [2.75, 3.05) is 18.3 Å². The van der Waals surface area contributed by atoms with Gasteiger partial charge >= 0.3 is 0 Å². The van der Waals surface area contributed by atoms with E-state index >= 15 is 0 Å². The molecule has 7 rings (SSSR count). The summed E-state index contributed by atoms with van der Waals surface area (Å²) >= 11 is 0. The first-order valence-corrected chi connectivity index (χ1v) is 11.0. The molecule has 34 heavy (non-hydrogen) atoms. The zero-order chi connectivity index (χ0) is 22.7. The second-order valence-electron chi connectivity index (χ2n) is 8.59. The van der Waals surface area contributed by atoms with E-state index in [2.05, 4.69) is 10.1 Å². The van der Waals surface area contributed by atoms with Crippen LogP contribution >= 0.6 is 0 Å². The third-order valence-corrected chi connectivity index (χ3v) is 6.72. The Morgan fingerprint density at radius 3 is 2.85 bits per heavy atom. The smallest absolute Gasteiger partial charge is 0.246 e. The monoisotopic (exact) mass is 453 g/mol. The molecule has 8 nitrogen and oxygen atoms in total. The van der Waals surface area contributed by atoms with Crippen molar-refractivity contribution in [2.45, 2.75) is 18.6 Å². The molecule has 0 saturated heterocycles. The lowest BCUT2D eigenvalue weighted by molar-refractivity contribution is -0.122. The van der Waals surface area contributed by atoms with E-state index in [0.29, 0.717) is 23.8 Å². The summed E-state index contributed by atoms with van der Waals surface area (Å²) in [4.78, 5) is 20.0. The van der Waals surface area contributed by atoms with Crippen LogP contribution in [-0.2, 0) is 28.1 Å². The van der Waals surface area contributed by atoms with E-state index < -0.39 is 5.41 Å². The van der Waals surface area contributed by atoms with Crippen LogP contribution < -0.4 is 14.4 Å². The van der Waals surface area contributed by atoms with Crippen LogP contribution in [0.1, 0.15) is 22.5 Å². The quantitative estimate of drug-likeness (QED) is 0.466. The molecular weight excluding hydrogens is 434 g/mol. The Morgan fingerprint density at radius 1 is 1.00 bits per heavy atom. The van der Waals surface area contributed by atoms with Crippen LogP contribution in [0.25, 0.3) is 11.3 Å². The number of para-hydroxylation sites is 1. The maximum atomic E-state index is 14.1. The minimum absolute atomic E-state index is 0.0567. The molecule has 5 heterocycles. The van der Waals surface area contributed by atoms with Gasteiger partial charge < -0.3 is 23.6 Å². The van der Waals surface area contributed by atoms with Crippen molar-refractivity contribution in [3.63, 3.8) is 0 Å². The molecule has 4 aromatic rings. The summed E-state index contributed by atoms with van der Waals surface area (Å²) in [6, 6.07) is 17.3. The van der Waals surface area contributed by atoms with E-state index in [1.165, 1.54) is 0 Å². The van der Waals surface area contributed by atoms with E-state index in [4.69, 9.17) is 18.7 Å². The van der Waals surface area contributed by atoms with Gasteiger partial charge in [-0.1, -0.05) is 23.4 Å². The molecule has 0 saturated carbocycles. The van der Waals surface area contributed by atoms with Gasteiger partial charge in [0.15, 0.2) is 12.6 Å². The summed E-state index contributed by atoms with van der Waals surface area (Å²) in [5, 5.41) is 4.18. The van der Waals surface area contributed by atoms with Crippen LogP contribution in [0.2, 0.25) is 0 Å². The van der Waals surface area contributed by atoms with Crippen LogP contribution in [0.15, 0.2) is 71.5 Å². The predicted octanol–water partition coefficient (Wildman–Crippen LogP) is 3.83. The first-order valence-electron chi connectivity index (χ1n) is 11.0. The van der Waals surface area contributed by atoms with Gasteiger partial charge in [-0.2, -0.15) is 0 Å². The Hall–Kier alpha value is -4.17. The van der Waals surface area contributed by atoms with E-state index in [1.807, 2.05) is 54.6 Å². The summed E-state index contributed by atoms with van der Waals surface area (Å²) in [6.45, 7) is 1.15. The van der Waals surface area contributed by atoms with Crippen molar-refractivity contribution in [3.8, 4) is 22.8 Å². The molecule has 0 fully saturated rings. The summed E-state index contributed by atoms with van der Waals surface area (Å²) < 4.78 is 22.8. The molecular formula is C26H19N3O5. The number of pyridine rings is 1. The number of nitrogens with zero attached hydrogens (tertiary/aromatic N) is 3. The van der Waals surface area contributed by atoms with E-state index in [1.54, 1.807) is 17.3 Å². The van der Waals surface area contributed by atoms with Gasteiger partial charge in [-0.15, -0.1) is 0 Å². The Labute approximate surface area is 194 Å². The molecule has 2 aromatic carbocycles. The summed E-state index contributed by atoms with van der Waals surface area (Å²) in [5.41, 5.74) is 4.09. The van der Waals surface area contributed by atoms with E-state index in [-0.39, 0.29) is 25.9 Å². The first-order chi connectivity index (χ1) is 16.7. The maximum absolute atomic E-state index is 14.1. The number of carbonyl (C=O) groups excluding carboxylic acids is 1. The van der Waals surface area contributed by atoms with Crippen LogP contribution in [0, 0.1) is 0 Å². The number of benzene rings is 2. The molecule has 1 spiro atoms. The van der Waals surface area contributed by atoms with Gasteiger partial charge in [0.05, 0.1) is 13.2 Å². The van der Waals surface area contributed by atoms with Crippen molar-refractivity contribution in [2.24, 2.45) is 0 Å². The number of fused-ring (bicyclic) bond motifs is 5. The molecule has 168 valence electrons. The number of aromatic nitrogens is 2. The zero-order valence-electron chi connectivity index (χ0n) is 18.1. The Morgan fingerprint density at radius 2 is 1.94 bits per heavy atom. The van der Waals surface area contributed by atoms with Gasteiger partial charge in [0, 0.05) is 40.8 Å². The van der Waals surface area contributed by atoms with Crippen molar-refractivity contribution in [1.82, 2.24) is 10.1 Å². The number of amides is 1. The fourth-order valence-corrected chi connectivity index (χ4v) is 5.10. The van der Waals surface area contributed by atoms with Crippen LogP contribution in [0.4, 0.5) is 5.69 Å². The lowest BCUT2D eigenvalue weighted by atomic mass is 9.77. The highest BCUT2D eigenvalue weighted by molar-refractivity contribution is 6.11. The molecule has 1 amide bonds. The molecule has 1 unspecified atom stereocenters. The molecule has 0 radical (unpaired) electrons. The van der Waals surface area contributed by atoms with Gasteiger partial charge in [0.25, 0.3) is 0 Å². The number of anilines is 1. The molecule has 0 N–H and O–H groups in total. The molecule has 0 aliphatic carbocycles. The predicted molar refractivity (Wildman–Crippen MR) is 120 cm³/mol. The summed E-state index contributed by atoms with van der Waals surface area (Å²) in [7, 11) is 0. The highest BCUT2D eigenvalue weighted by Gasteiger charge is 2.57. The number of hydrogen-bond donors (Lipinski definition) is 0. The normalized spacial score (nSPS) is 20.0. The van der Waals surface area contributed by atoms with Crippen molar-refractivity contribution >= 4 is 11.6 Å². The fourth-order valence-electron chi connectivity index (χ4n) is 5.10. The summed E-state index contributed by atoms with van der Waals surface area (Å²) in [6.07, 6.45) is 3.44.